The zero-order valence-electron chi connectivity index (χ0n) is 25.6. The van der Waals surface area contributed by atoms with Crippen molar-refractivity contribution in [1.29, 1.82) is 0 Å². The number of hydrogen-bond acceptors (Lipinski definition) is 7. The second kappa shape index (κ2) is 16.1. The fourth-order valence-corrected chi connectivity index (χ4v) is 4.88. The van der Waals surface area contributed by atoms with Gasteiger partial charge in [0.25, 0.3) is 0 Å². The van der Waals surface area contributed by atoms with Crippen LogP contribution in [0.2, 0.25) is 0 Å². The van der Waals surface area contributed by atoms with Crippen LogP contribution >= 0.6 is 0 Å². The molecule has 2 heterocycles. The minimum atomic E-state index is -0.446. The van der Waals surface area contributed by atoms with Crippen LogP contribution in [-0.4, -0.2) is 75.2 Å². The van der Waals surface area contributed by atoms with E-state index >= 15 is 0 Å². The van der Waals surface area contributed by atoms with Crippen molar-refractivity contribution in [2.24, 2.45) is 0 Å². The second-order valence-corrected chi connectivity index (χ2v) is 11.0. The van der Waals surface area contributed by atoms with Gasteiger partial charge in [-0.25, -0.2) is 4.39 Å². The molecule has 0 spiro atoms. The van der Waals surface area contributed by atoms with Crippen molar-refractivity contribution in [3.63, 3.8) is 0 Å². The maximum atomic E-state index is 13.2. The highest BCUT2D eigenvalue weighted by Gasteiger charge is 2.21. The summed E-state index contributed by atoms with van der Waals surface area (Å²) in [5, 5.41) is 23.6. The Kier molecular flexibility index (Phi) is 11.2. The first-order valence-electron chi connectivity index (χ1n) is 15.1. The first-order valence-corrected chi connectivity index (χ1v) is 15.1. The van der Waals surface area contributed by atoms with Gasteiger partial charge in [0.05, 0.1) is 30.0 Å². The number of nitrogens with zero attached hydrogens (tertiary/aromatic N) is 3. The van der Waals surface area contributed by atoms with E-state index in [9.17, 15) is 23.6 Å². The van der Waals surface area contributed by atoms with E-state index in [0.717, 1.165) is 27.4 Å². The highest BCUT2D eigenvalue weighted by Crippen LogP contribution is 2.18. The number of unbranched alkanes of at least 4 members (excludes halogenated alkanes) is 2. The van der Waals surface area contributed by atoms with Gasteiger partial charge in [0.1, 0.15) is 25.5 Å². The van der Waals surface area contributed by atoms with E-state index < -0.39 is 11.8 Å². The monoisotopic (exact) mass is 642 g/mol. The van der Waals surface area contributed by atoms with Crippen LogP contribution in [0, 0.1) is 5.82 Å². The number of aromatic nitrogens is 4. The summed E-state index contributed by atoms with van der Waals surface area (Å²) in [5.74, 6) is -1.85. The third-order valence-corrected chi connectivity index (χ3v) is 7.27. The standard InChI is InChI=1S/C33H35FN8O5/c34-25-7-5-22(6-8-25)20-47-21-32(45)35-13-3-1-2-4-33(46)42(18-30(43)38-26-9-11-28-23(14-26)16-36-40-28)19-31(44)39-27-10-12-29-24(15-27)17-37-41-29/h5-12,14-17H,1-4,13,18-21H2,(H,35,45)(H,36,40)(H,37,41)(H,38,43)(H,39,44). The summed E-state index contributed by atoms with van der Waals surface area (Å²) in [6.45, 7) is -0.152. The minimum Gasteiger partial charge on any atom is -0.367 e. The van der Waals surface area contributed by atoms with Crippen LogP contribution in [-0.2, 0) is 30.5 Å². The summed E-state index contributed by atoms with van der Waals surface area (Å²) in [5.41, 5.74) is 3.48. The van der Waals surface area contributed by atoms with E-state index in [4.69, 9.17) is 4.74 Å². The van der Waals surface area contributed by atoms with Crippen molar-refractivity contribution in [2.45, 2.75) is 32.3 Å². The van der Waals surface area contributed by atoms with Gasteiger partial charge < -0.3 is 25.6 Å². The number of carbonyl (C=O) groups is 4. The summed E-state index contributed by atoms with van der Waals surface area (Å²) < 4.78 is 18.4. The van der Waals surface area contributed by atoms with Crippen molar-refractivity contribution in [1.82, 2.24) is 30.6 Å². The van der Waals surface area contributed by atoms with Crippen LogP contribution in [0.25, 0.3) is 21.8 Å². The summed E-state index contributed by atoms with van der Waals surface area (Å²) >= 11 is 0. The zero-order valence-corrected chi connectivity index (χ0v) is 25.6. The van der Waals surface area contributed by atoms with Gasteiger partial charge in [-0.15, -0.1) is 0 Å². The smallest absolute Gasteiger partial charge is 0.246 e. The summed E-state index contributed by atoms with van der Waals surface area (Å²) in [6.07, 6.45) is 5.18. The van der Waals surface area contributed by atoms with Gasteiger partial charge in [-0.2, -0.15) is 10.2 Å². The zero-order chi connectivity index (χ0) is 33.0. The SMILES string of the molecule is O=C(COCc1ccc(F)cc1)NCCCCCC(=O)N(CC(=O)Nc1ccc2[nH]ncc2c1)CC(=O)Nc1ccc2[nH]ncc2c1. The van der Waals surface area contributed by atoms with Crippen molar-refractivity contribution in [3.05, 3.63) is 84.4 Å². The molecular weight excluding hydrogens is 607 g/mol. The molecule has 0 bridgehead atoms. The molecule has 0 radical (unpaired) electrons. The first-order chi connectivity index (χ1) is 22.8. The number of rotatable bonds is 16. The van der Waals surface area contributed by atoms with Gasteiger partial charge in [0.2, 0.25) is 23.6 Å². The van der Waals surface area contributed by atoms with Crippen LogP contribution in [0.1, 0.15) is 31.2 Å². The Morgan fingerprint density at radius 2 is 1.34 bits per heavy atom. The van der Waals surface area contributed by atoms with Gasteiger partial charge in [-0.3, -0.25) is 29.4 Å². The van der Waals surface area contributed by atoms with E-state index in [0.29, 0.717) is 37.2 Å². The van der Waals surface area contributed by atoms with E-state index in [2.05, 4.69) is 36.3 Å². The number of benzene rings is 3. The van der Waals surface area contributed by atoms with Crippen LogP contribution in [0.3, 0.4) is 0 Å². The molecule has 0 atom stereocenters. The number of ether oxygens (including phenoxy) is 1. The molecule has 0 aliphatic heterocycles. The molecule has 14 heteroatoms. The lowest BCUT2D eigenvalue weighted by Gasteiger charge is -2.22. The Labute approximate surface area is 269 Å². The molecule has 5 aromatic rings. The summed E-state index contributed by atoms with van der Waals surface area (Å²) in [6, 6.07) is 16.4. The van der Waals surface area contributed by atoms with Gasteiger partial charge in [-0.05, 0) is 66.9 Å². The molecular formula is C33H35FN8O5. The third-order valence-electron chi connectivity index (χ3n) is 7.27. The lowest BCUT2D eigenvalue weighted by atomic mass is 10.1. The number of aromatic amines is 2. The van der Waals surface area contributed by atoms with E-state index in [1.54, 1.807) is 60.9 Å². The van der Waals surface area contributed by atoms with Crippen LogP contribution in [0.15, 0.2) is 73.1 Å². The van der Waals surface area contributed by atoms with Gasteiger partial charge in [0.15, 0.2) is 0 Å². The van der Waals surface area contributed by atoms with Crippen LogP contribution in [0.5, 0.6) is 0 Å². The Morgan fingerprint density at radius 3 is 1.94 bits per heavy atom. The number of carbonyl (C=O) groups excluding carboxylic acids is 4. The molecule has 4 amide bonds. The molecule has 5 rings (SSSR count). The number of anilines is 2. The number of fused-ring (bicyclic) bond motifs is 2. The topological polar surface area (TPSA) is 174 Å². The lowest BCUT2D eigenvalue weighted by Crippen LogP contribution is -2.42. The Morgan fingerprint density at radius 1 is 0.745 bits per heavy atom. The van der Waals surface area contributed by atoms with Crippen LogP contribution < -0.4 is 16.0 Å². The van der Waals surface area contributed by atoms with Crippen molar-refractivity contribution in [3.8, 4) is 0 Å². The molecule has 13 nitrogen and oxygen atoms in total. The van der Waals surface area contributed by atoms with Gasteiger partial charge >= 0.3 is 0 Å². The Balaban J connectivity index is 1.07. The summed E-state index contributed by atoms with van der Waals surface area (Å²) in [7, 11) is 0. The Bertz CT molecular complexity index is 1750. The molecule has 3 aromatic carbocycles. The largest absolute Gasteiger partial charge is 0.367 e. The Hall–Kier alpha value is -5.63. The van der Waals surface area contributed by atoms with Gasteiger partial charge in [0, 0.05) is 35.1 Å². The molecule has 0 saturated carbocycles. The summed E-state index contributed by atoms with van der Waals surface area (Å²) in [4.78, 5) is 52.4. The second-order valence-electron chi connectivity index (χ2n) is 11.0. The number of H-pyrrole nitrogens is 2. The van der Waals surface area contributed by atoms with Crippen LogP contribution in [0.4, 0.5) is 15.8 Å². The lowest BCUT2D eigenvalue weighted by molar-refractivity contribution is -0.137. The van der Waals surface area contributed by atoms with Crippen molar-refractivity contribution < 1.29 is 28.3 Å². The number of nitrogens with one attached hydrogen (secondary N) is 5. The maximum absolute atomic E-state index is 13.2. The van der Waals surface area contributed by atoms with E-state index in [1.807, 2.05) is 0 Å². The quantitative estimate of drug-likeness (QED) is 0.102. The highest BCUT2D eigenvalue weighted by molar-refractivity contribution is 5.99. The molecule has 5 N–H and O–H groups in total. The average Bonchev–Trinajstić information content (AvgIpc) is 3.72. The molecule has 0 fully saturated rings. The van der Waals surface area contributed by atoms with E-state index in [-0.39, 0.29) is 50.4 Å². The third kappa shape index (κ3) is 9.93. The maximum Gasteiger partial charge on any atom is 0.246 e. The van der Waals surface area contributed by atoms with Crippen molar-refractivity contribution >= 4 is 56.8 Å². The molecule has 244 valence electrons. The predicted molar refractivity (Wildman–Crippen MR) is 174 cm³/mol. The fourth-order valence-electron chi connectivity index (χ4n) is 4.88. The molecule has 0 saturated heterocycles. The molecule has 0 aliphatic rings. The molecule has 0 unspecified atom stereocenters. The van der Waals surface area contributed by atoms with Gasteiger partial charge in [-0.1, -0.05) is 18.6 Å². The fraction of sp³-hybridized carbons (Fsp3) is 0.273. The normalized spacial score (nSPS) is 11.0. The van der Waals surface area contributed by atoms with Crippen molar-refractivity contribution in [2.75, 3.05) is 36.9 Å². The first kappa shape index (κ1) is 32.8. The number of halogens is 1. The number of amides is 4. The number of hydrogen-bond donors (Lipinski definition) is 5. The highest BCUT2D eigenvalue weighted by atomic mass is 19.1. The molecule has 0 aliphatic carbocycles. The minimum absolute atomic E-state index is 0.122. The van der Waals surface area contributed by atoms with E-state index in [1.165, 1.54) is 17.0 Å². The molecule has 2 aromatic heterocycles. The average molecular weight is 643 g/mol. The predicted octanol–water partition coefficient (Wildman–Crippen LogP) is 3.88. The molecule has 47 heavy (non-hydrogen) atoms.